The van der Waals surface area contributed by atoms with Crippen molar-refractivity contribution in [1.82, 2.24) is 15.2 Å². The van der Waals surface area contributed by atoms with E-state index >= 15 is 0 Å². The van der Waals surface area contributed by atoms with Gasteiger partial charge in [0, 0.05) is 12.6 Å². The summed E-state index contributed by atoms with van der Waals surface area (Å²) in [5.41, 5.74) is 7.74. The molecule has 0 saturated carbocycles. The standard InChI is InChI=1S/C14H25N5/c1-3-12-13(4-2)17-18-14(16-12)19-10-6-8-11(19)7-5-9-15/h11H,3-10,15H2,1-2H3. The van der Waals surface area contributed by atoms with Crippen LogP contribution in [0.15, 0.2) is 0 Å². The molecule has 2 rings (SSSR count). The Hall–Kier alpha value is -1.23. The predicted molar refractivity (Wildman–Crippen MR) is 77.2 cm³/mol. The number of hydrogen-bond acceptors (Lipinski definition) is 5. The first-order chi connectivity index (χ1) is 9.30. The van der Waals surface area contributed by atoms with Gasteiger partial charge in [-0.25, -0.2) is 4.98 Å². The van der Waals surface area contributed by atoms with Crippen LogP contribution in [0.3, 0.4) is 0 Å². The summed E-state index contributed by atoms with van der Waals surface area (Å²) in [6.07, 6.45) is 6.47. The zero-order valence-electron chi connectivity index (χ0n) is 12.1. The molecule has 1 aliphatic rings. The lowest BCUT2D eigenvalue weighted by Crippen LogP contribution is -2.32. The van der Waals surface area contributed by atoms with Crippen molar-refractivity contribution in [1.29, 1.82) is 0 Å². The molecule has 0 bridgehead atoms. The van der Waals surface area contributed by atoms with Crippen LogP contribution < -0.4 is 10.6 Å². The average Bonchev–Trinajstić information content (AvgIpc) is 2.92. The quantitative estimate of drug-likeness (QED) is 0.846. The van der Waals surface area contributed by atoms with E-state index in [9.17, 15) is 0 Å². The van der Waals surface area contributed by atoms with E-state index in [0.29, 0.717) is 6.04 Å². The van der Waals surface area contributed by atoms with Crippen molar-refractivity contribution in [3.05, 3.63) is 11.4 Å². The van der Waals surface area contributed by atoms with Crippen LogP contribution in [0, 0.1) is 0 Å². The molecule has 0 aromatic carbocycles. The molecule has 1 unspecified atom stereocenters. The number of nitrogens with two attached hydrogens (primary N) is 1. The van der Waals surface area contributed by atoms with Gasteiger partial charge in [0.25, 0.3) is 0 Å². The lowest BCUT2D eigenvalue weighted by molar-refractivity contribution is 0.573. The highest BCUT2D eigenvalue weighted by molar-refractivity contribution is 5.33. The molecule has 1 saturated heterocycles. The molecule has 0 aliphatic carbocycles. The molecule has 0 amide bonds. The number of nitrogens with zero attached hydrogens (tertiary/aromatic N) is 4. The lowest BCUT2D eigenvalue weighted by atomic mass is 10.1. The third-order valence-electron chi connectivity index (χ3n) is 3.87. The molecule has 1 aromatic rings. The minimum Gasteiger partial charge on any atom is -0.337 e. The van der Waals surface area contributed by atoms with E-state index in [1.165, 1.54) is 12.8 Å². The van der Waals surface area contributed by atoms with E-state index in [4.69, 9.17) is 10.7 Å². The van der Waals surface area contributed by atoms with Crippen LogP contribution in [0.1, 0.15) is 50.9 Å². The molecule has 2 N–H and O–H groups in total. The zero-order chi connectivity index (χ0) is 13.7. The Kier molecular flexibility index (Phi) is 5.07. The third kappa shape index (κ3) is 3.21. The van der Waals surface area contributed by atoms with Gasteiger partial charge in [-0.05, 0) is 45.1 Å². The highest BCUT2D eigenvalue weighted by Gasteiger charge is 2.26. The number of hydrogen-bond donors (Lipinski definition) is 1. The Balaban J connectivity index is 2.16. The molecule has 0 spiro atoms. The second kappa shape index (κ2) is 6.80. The first-order valence-corrected chi connectivity index (χ1v) is 7.49. The van der Waals surface area contributed by atoms with Crippen LogP contribution in [0.5, 0.6) is 0 Å². The second-order valence-electron chi connectivity index (χ2n) is 5.13. The molecule has 106 valence electrons. The Labute approximate surface area is 115 Å². The van der Waals surface area contributed by atoms with E-state index in [1.807, 2.05) is 0 Å². The topological polar surface area (TPSA) is 67.9 Å². The van der Waals surface area contributed by atoms with E-state index < -0.39 is 0 Å². The summed E-state index contributed by atoms with van der Waals surface area (Å²) in [6.45, 7) is 6.04. The summed E-state index contributed by atoms with van der Waals surface area (Å²) in [6, 6.07) is 0.544. The SMILES string of the molecule is CCc1nnc(N2CCCC2CCCN)nc1CC. The van der Waals surface area contributed by atoms with Crippen LogP contribution >= 0.6 is 0 Å². The third-order valence-corrected chi connectivity index (χ3v) is 3.87. The van der Waals surface area contributed by atoms with Gasteiger partial charge in [-0.3, -0.25) is 0 Å². The van der Waals surface area contributed by atoms with Crippen molar-refractivity contribution in [3.8, 4) is 0 Å². The predicted octanol–water partition coefficient (Wildman–Crippen LogP) is 1.70. The average molecular weight is 263 g/mol. The Bertz CT molecular complexity index is 407. The zero-order valence-corrected chi connectivity index (χ0v) is 12.1. The summed E-state index contributed by atoms with van der Waals surface area (Å²) in [5, 5.41) is 8.68. The van der Waals surface area contributed by atoms with Crippen molar-refractivity contribution >= 4 is 5.95 Å². The second-order valence-corrected chi connectivity index (χ2v) is 5.13. The Morgan fingerprint density at radius 3 is 2.68 bits per heavy atom. The maximum absolute atomic E-state index is 5.61. The van der Waals surface area contributed by atoms with Gasteiger partial charge in [0.1, 0.15) is 0 Å². The molecule has 0 radical (unpaired) electrons. The van der Waals surface area contributed by atoms with Crippen molar-refractivity contribution in [2.75, 3.05) is 18.0 Å². The van der Waals surface area contributed by atoms with Gasteiger partial charge < -0.3 is 10.6 Å². The van der Waals surface area contributed by atoms with Crippen LogP contribution in [0.25, 0.3) is 0 Å². The summed E-state index contributed by atoms with van der Waals surface area (Å²) >= 11 is 0. The molecule has 2 heterocycles. The molecular weight excluding hydrogens is 238 g/mol. The first-order valence-electron chi connectivity index (χ1n) is 7.49. The summed E-state index contributed by atoms with van der Waals surface area (Å²) in [7, 11) is 0. The van der Waals surface area contributed by atoms with Crippen LogP contribution in [-0.2, 0) is 12.8 Å². The molecule has 1 aromatic heterocycles. The van der Waals surface area contributed by atoms with Gasteiger partial charge in [0.15, 0.2) is 0 Å². The van der Waals surface area contributed by atoms with Crippen molar-refractivity contribution < 1.29 is 0 Å². The smallest absolute Gasteiger partial charge is 0.245 e. The fourth-order valence-corrected chi connectivity index (χ4v) is 2.80. The highest BCUT2D eigenvalue weighted by atomic mass is 15.3. The normalized spacial score (nSPS) is 19.1. The fourth-order valence-electron chi connectivity index (χ4n) is 2.80. The molecule has 1 atom stereocenters. The van der Waals surface area contributed by atoms with Gasteiger partial charge in [-0.1, -0.05) is 13.8 Å². The van der Waals surface area contributed by atoms with Gasteiger partial charge in [-0.15, -0.1) is 5.10 Å². The van der Waals surface area contributed by atoms with Gasteiger partial charge in [0.2, 0.25) is 5.95 Å². The van der Waals surface area contributed by atoms with Crippen LogP contribution in [0.4, 0.5) is 5.95 Å². The number of anilines is 1. The van der Waals surface area contributed by atoms with E-state index in [0.717, 1.165) is 56.1 Å². The van der Waals surface area contributed by atoms with E-state index in [2.05, 4.69) is 28.9 Å². The number of aryl methyl sites for hydroxylation is 2. The summed E-state index contributed by atoms with van der Waals surface area (Å²) < 4.78 is 0. The Morgan fingerprint density at radius 1 is 1.21 bits per heavy atom. The maximum Gasteiger partial charge on any atom is 0.245 e. The number of rotatable bonds is 6. The minimum absolute atomic E-state index is 0.544. The maximum atomic E-state index is 5.61. The highest BCUT2D eigenvalue weighted by Crippen LogP contribution is 2.25. The molecule has 19 heavy (non-hydrogen) atoms. The molecule has 1 aliphatic heterocycles. The number of aromatic nitrogens is 3. The summed E-state index contributed by atoms with van der Waals surface area (Å²) in [5.74, 6) is 0.813. The lowest BCUT2D eigenvalue weighted by Gasteiger charge is -2.24. The van der Waals surface area contributed by atoms with Crippen molar-refractivity contribution in [2.24, 2.45) is 5.73 Å². The monoisotopic (exact) mass is 263 g/mol. The van der Waals surface area contributed by atoms with Crippen molar-refractivity contribution in [2.45, 2.75) is 58.4 Å². The fraction of sp³-hybridized carbons (Fsp3) is 0.786. The molecule has 5 heteroatoms. The van der Waals surface area contributed by atoms with Crippen molar-refractivity contribution in [3.63, 3.8) is 0 Å². The first kappa shape index (κ1) is 14.2. The largest absolute Gasteiger partial charge is 0.337 e. The van der Waals surface area contributed by atoms with E-state index in [1.54, 1.807) is 0 Å². The van der Waals surface area contributed by atoms with Gasteiger partial charge in [-0.2, -0.15) is 5.10 Å². The van der Waals surface area contributed by atoms with Gasteiger partial charge >= 0.3 is 0 Å². The van der Waals surface area contributed by atoms with Crippen LogP contribution in [-0.4, -0.2) is 34.3 Å². The van der Waals surface area contributed by atoms with Crippen LogP contribution in [0.2, 0.25) is 0 Å². The molecular formula is C14H25N5. The summed E-state index contributed by atoms with van der Waals surface area (Å²) in [4.78, 5) is 7.04. The minimum atomic E-state index is 0.544. The van der Waals surface area contributed by atoms with E-state index in [-0.39, 0.29) is 0 Å². The Morgan fingerprint density at radius 2 is 2.00 bits per heavy atom. The molecule has 5 nitrogen and oxygen atoms in total. The van der Waals surface area contributed by atoms with Gasteiger partial charge in [0.05, 0.1) is 11.4 Å². The molecule has 1 fully saturated rings.